The first-order valence-corrected chi connectivity index (χ1v) is 17.9. The highest BCUT2D eigenvalue weighted by Gasteiger charge is 2.22. The highest BCUT2D eigenvalue weighted by Crippen LogP contribution is 2.42. The SMILES string of the molecule is NC(NC(N=Cc1ccccc1)c1cccc2c1sc1ccc(-c3cccc4c3oc3ccccc34)cc12)c1cccc2c1oc1ccccc12. The Balaban J connectivity index is 1.09. The molecular formula is C45H31N3O2S. The molecule has 5 nitrogen and oxygen atoms in total. The molecule has 51 heavy (non-hydrogen) atoms. The van der Waals surface area contributed by atoms with Gasteiger partial charge in [-0.15, -0.1) is 11.3 Å². The van der Waals surface area contributed by atoms with Crippen LogP contribution in [0.5, 0.6) is 0 Å². The van der Waals surface area contributed by atoms with Crippen LogP contribution in [0.4, 0.5) is 0 Å². The summed E-state index contributed by atoms with van der Waals surface area (Å²) in [5.41, 5.74) is 15.6. The van der Waals surface area contributed by atoms with Gasteiger partial charge in [0.25, 0.3) is 0 Å². The van der Waals surface area contributed by atoms with E-state index in [0.29, 0.717) is 0 Å². The summed E-state index contributed by atoms with van der Waals surface area (Å²) in [5, 5.41) is 10.4. The number of furan rings is 2. The van der Waals surface area contributed by atoms with Gasteiger partial charge in [-0.05, 0) is 35.4 Å². The number of nitrogens with zero attached hydrogens (tertiary/aromatic N) is 1. The van der Waals surface area contributed by atoms with Gasteiger partial charge in [0.05, 0.1) is 6.17 Å². The van der Waals surface area contributed by atoms with Crippen LogP contribution < -0.4 is 11.1 Å². The lowest BCUT2D eigenvalue weighted by molar-refractivity contribution is 0.467. The summed E-state index contributed by atoms with van der Waals surface area (Å²) in [4.78, 5) is 5.14. The maximum Gasteiger partial charge on any atom is 0.143 e. The van der Waals surface area contributed by atoms with Crippen LogP contribution in [0.1, 0.15) is 29.0 Å². The minimum absolute atomic E-state index is 0.430. The van der Waals surface area contributed by atoms with Crippen LogP contribution in [0.25, 0.3) is 75.2 Å². The van der Waals surface area contributed by atoms with Crippen LogP contribution in [0.2, 0.25) is 0 Å². The van der Waals surface area contributed by atoms with Crippen molar-refractivity contribution in [3.8, 4) is 11.1 Å². The maximum absolute atomic E-state index is 7.02. The predicted octanol–water partition coefficient (Wildman–Crippen LogP) is 11.9. The zero-order chi connectivity index (χ0) is 33.9. The summed E-state index contributed by atoms with van der Waals surface area (Å²) < 4.78 is 15.1. The first kappa shape index (κ1) is 29.8. The molecule has 0 aliphatic rings. The number of aliphatic imine (C=N–C) groups is 1. The Labute approximate surface area is 297 Å². The quantitative estimate of drug-likeness (QED) is 0.130. The average Bonchev–Trinajstić information content (AvgIpc) is 3.88. The number of para-hydroxylation sites is 4. The molecule has 0 aliphatic heterocycles. The molecule has 0 saturated carbocycles. The third-order valence-electron chi connectivity index (χ3n) is 9.82. The fourth-order valence-electron chi connectivity index (χ4n) is 7.36. The van der Waals surface area contributed by atoms with Crippen molar-refractivity contribution in [2.24, 2.45) is 10.7 Å². The minimum Gasteiger partial charge on any atom is -0.456 e. The molecule has 0 saturated heterocycles. The lowest BCUT2D eigenvalue weighted by atomic mass is 9.99. The van der Waals surface area contributed by atoms with E-state index in [0.717, 1.165) is 71.7 Å². The average molecular weight is 678 g/mol. The molecule has 0 spiro atoms. The molecule has 3 aromatic heterocycles. The molecule has 0 amide bonds. The Morgan fingerprint density at radius 1 is 0.569 bits per heavy atom. The highest BCUT2D eigenvalue weighted by atomic mass is 32.1. The van der Waals surface area contributed by atoms with E-state index >= 15 is 0 Å². The first-order valence-electron chi connectivity index (χ1n) is 17.1. The standard InChI is InChI=1S/C45H31N3O2S/c46-44(35-19-9-17-33-31-14-5-7-22-39(31)50-42(33)35)48-45(47-26-27-11-2-1-3-12-27)36-20-10-18-34-37-25-28(23-24-40(37)51-43(34)36)29-15-8-16-32-30-13-4-6-21-38(30)49-41(29)32/h1-26,44-45,48H,46H2. The zero-order valence-electron chi connectivity index (χ0n) is 27.4. The van der Waals surface area contributed by atoms with E-state index in [2.05, 4.69) is 96.3 Å². The van der Waals surface area contributed by atoms with Crippen molar-refractivity contribution in [3.05, 3.63) is 168 Å². The van der Waals surface area contributed by atoms with E-state index in [4.69, 9.17) is 19.6 Å². The van der Waals surface area contributed by atoms with Crippen LogP contribution in [0.3, 0.4) is 0 Å². The fraction of sp³-hybridized carbons (Fsp3) is 0.0444. The molecule has 3 heterocycles. The molecule has 0 radical (unpaired) electrons. The molecule has 2 unspecified atom stereocenters. The van der Waals surface area contributed by atoms with Crippen molar-refractivity contribution >= 4 is 81.6 Å². The van der Waals surface area contributed by atoms with E-state index in [-0.39, 0.29) is 0 Å². The van der Waals surface area contributed by atoms with Crippen LogP contribution in [0, 0.1) is 0 Å². The summed E-state index contributed by atoms with van der Waals surface area (Å²) in [6.07, 6.45) is 0.942. The smallest absolute Gasteiger partial charge is 0.143 e. The van der Waals surface area contributed by atoms with Crippen molar-refractivity contribution < 1.29 is 8.83 Å². The number of hydrogen-bond acceptors (Lipinski definition) is 6. The van der Waals surface area contributed by atoms with Crippen LogP contribution in [0.15, 0.2) is 165 Å². The predicted molar refractivity (Wildman–Crippen MR) is 213 cm³/mol. The van der Waals surface area contributed by atoms with Crippen molar-refractivity contribution in [1.82, 2.24) is 5.32 Å². The van der Waals surface area contributed by atoms with Gasteiger partial charge in [-0.1, -0.05) is 127 Å². The molecule has 10 rings (SSSR count). The zero-order valence-corrected chi connectivity index (χ0v) is 28.2. The number of nitrogens with one attached hydrogen (secondary N) is 1. The summed E-state index contributed by atoms with van der Waals surface area (Å²) in [7, 11) is 0. The number of benzene rings is 7. The molecule has 10 aromatic rings. The van der Waals surface area contributed by atoms with E-state index in [1.807, 2.05) is 66.9 Å². The largest absolute Gasteiger partial charge is 0.456 e. The third-order valence-corrected chi connectivity index (χ3v) is 11.1. The highest BCUT2D eigenvalue weighted by molar-refractivity contribution is 7.26. The lowest BCUT2D eigenvalue weighted by Crippen LogP contribution is -2.31. The molecule has 0 fully saturated rings. The van der Waals surface area contributed by atoms with Crippen LogP contribution in [-0.4, -0.2) is 6.21 Å². The summed E-state index contributed by atoms with van der Waals surface area (Å²) >= 11 is 1.78. The van der Waals surface area contributed by atoms with Crippen molar-refractivity contribution in [3.63, 3.8) is 0 Å². The summed E-state index contributed by atoms with van der Waals surface area (Å²) in [5.74, 6) is 0. The summed E-state index contributed by atoms with van der Waals surface area (Å²) in [6, 6.07) is 52.3. The van der Waals surface area contributed by atoms with Gasteiger partial charge in [0.15, 0.2) is 0 Å². The van der Waals surface area contributed by atoms with E-state index in [1.54, 1.807) is 11.3 Å². The third kappa shape index (κ3) is 5.03. The monoisotopic (exact) mass is 677 g/mol. The normalized spacial score (nSPS) is 13.4. The Morgan fingerprint density at radius 2 is 1.20 bits per heavy atom. The fourth-order valence-corrected chi connectivity index (χ4v) is 8.58. The summed E-state index contributed by atoms with van der Waals surface area (Å²) in [6.45, 7) is 0. The van der Waals surface area contributed by atoms with Crippen molar-refractivity contribution in [1.29, 1.82) is 0 Å². The molecule has 3 N–H and O–H groups in total. The Morgan fingerprint density at radius 3 is 1.98 bits per heavy atom. The molecule has 7 aromatic carbocycles. The van der Waals surface area contributed by atoms with Gasteiger partial charge < -0.3 is 14.6 Å². The Hall–Kier alpha value is -6.05. The number of hydrogen-bond donors (Lipinski definition) is 2. The van der Waals surface area contributed by atoms with Gasteiger partial charge in [-0.2, -0.15) is 0 Å². The van der Waals surface area contributed by atoms with Gasteiger partial charge in [-0.3, -0.25) is 10.3 Å². The second kappa shape index (κ2) is 12.1. The minimum atomic E-state index is -0.548. The van der Waals surface area contributed by atoms with E-state index < -0.39 is 12.3 Å². The van der Waals surface area contributed by atoms with Crippen LogP contribution >= 0.6 is 11.3 Å². The molecule has 0 aliphatic carbocycles. The molecular weight excluding hydrogens is 647 g/mol. The van der Waals surface area contributed by atoms with E-state index in [9.17, 15) is 0 Å². The van der Waals surface area contributed by atoms with Crippen LogP contribution in [-0.2, 0) is 0 Å². The van der Waals surface area contributed by atoms with Gasteiger partial charge in [0.1, 0.15) is 28.5 Å². The first-order chi connectivity index (χ1) is 25.2. The maximum atomic E-state index is 7.02. The molecule has 244 valence electrons. The van der Waals surface area contributed by atoms with E-state index in [1.165, 1.54) is 20.2 Å². The van der Waals surface area contributed by atoms with Gasteiger partial charge in [-0.25, -0.2) is 0 Å². The number of thiophene rings is 1. The molecule has 0 bridgehead atoms. The van der Waals surface area contributed by atoms with Gasteiger partial charge in [0, 0.05) is 64.6 Å². The molecule has 2 atom stereocenters. The Bertz CT molecular complexity index is 2940. The number of fused-ring (bicyclic) bond motifs is 9. The topological polar surface area (TPSA) is 76.7 Å². The van der Waals surface area contributed by atoms with Crippen molar-refractivity contribution in [2.45, 2.75) is 12.3 Å². The van der Waals surface area contributed by atoms with Gasteiger partial charge in [0.2, 0.25) is 0 Å². The number of rotatable bonds is 7. The number of nitrogens with two attached hydrogens (primary N) is 1. The second-order valence-corrected chi connectivity index (χ2v) is 13.9. The van der Waals surface area contributed by atoms with Gasteiger partial charge >= 0.3 is 0 Å². The lowest BCUT2D eigenvalue weighted by Gasteiger charge is -2.22. The van der Waals surface area contributed by atoms with Crippen molar-refractivity contribution in [2.75, 3.05) is 0 Å². The Kier molecular flexibility index (Phi) is 7.06. The second-order valence-electron chi connectivity index (χ2n) is 12.9. The molecule has 6 heteroatoms.